The number of anilines is 2. The predicted octanol–water partition coefficient (Wildman–Crippen LogP) is 2.26. The third-order valence-electron chi connectivity index (χ3n) is 3.03. The summed E-state index contributed by atoms with van der Waals surface area (Å²) in [5.74, 6) is 1.73. The van der Waals surface area contributed by atoms with Gasteiger partial charge in [0, 0.05) is 24.1 Å². The molecule has 2 aromatic rings. The van der Waals surface area contributed by atoms with Gasteiger partial charge in [0.25, 0.3) is 0 Å². The number of thioether (sulfide) groups is 1. The normalized spacial score (nSPS) is 14.6. The van der Waals surface area contributed by atoms with Crippen LogP contribution in [0.25, 0.3) is 0 Å². The van der Waals surface area contributed by atoms with Gasteiger partial charge in [0.15, 0.2) is 15.8 Å². The fourth-order valence-corrected chi connectivity index (χ4v) is 3.24. The van der Waals surface area contributed by atoms with Crippen molar-refractivity contribution in [2.75, 3.05) is 16.8 Å². The molecule has 0 spiro atoms. The number of fused-ring (bicyclic) bond motifs is 1. The van der Waals surface area contributed by atoms with Crippen LogP contribution < -0.4 is 16.5 Å². The average Bonchev–Trinajstić information content (AvgIpc) is 2.48. The highest BCUT2D eigenvalue weighted by Crippen LogP contribution is 2.23. The number of nitrogens with two attached hydrogens (primary N) is 1. The van der Waals surface area contributed by atoms with Crippen LogP contribution in [0.4, 0.5) is 11.5 Å². The Bertz CT molecular complexity index is 724. The lowest BCUT2D eigenvalue weighted by molar-refractivity contribution is 0.585. The van der Waals surface area contributed by atoms with Crippen LogP contribution in [0, 0.1) is 0 Å². The fraction of sp³-hybridized carbons (Fsp3) is 0.214. The van der Waals surface area contributed by atoms with Crippen LogP contribution in [0.1, 0.15) is 6.42 Å². The van der Waals surface area contributed by atoms with Gasteiger partial charge >= 0.3 is 0 Å². The second-order valence-electron chi connectivity index (χ2n) is 4.58. The lowest BCUT2D eigenvalue weighted by Crippen LogP contribution is -2.23. The van der Waals surface area contributed by atoms with Crippen LogP contribution in [-0.4, -0.2) is 20.4 Å². The SMILES string of the molecule is Nc1cc(=NC(=S)Nc2ccccc2)nc2n1CCCS2. The number of thiocarbonyl (C=S) groups is 1. The molecule has 2 heterocycles. The highest BCUT2D eigenvalue weighted by Gasteiger charge is 2.12. The Labute approximate surface area is 132 Å². The molecule has 0 atom stereocenters. The van der Waals surface area contributed by atoms with Gasteiger partial charge < -0.3 is 15.6 Å². The first-order valence-electron chi connectivity index (χ1n) is 6.63. The van der Waals surface area contributed by atoms with E-state index in [9.17, 15) is 0 Å². The number of benzene rings is 1. The van der Waals surface area contributed by atoms with Crippen molar-refractivity contribution in [1.82, 2.24) is 9.55 Å². The molecule has 1 aliphatic heterocycles. The first kappa shape index (κ1) is 14.1. The van der Waals surface area contributed by atoms with Crippen molar-refractivity contribution in [2.24, 2.45) is 4.99 Å². The Morgan fingerprint density at radius 1 is 1.38 bits per heavy atom. The summed E-state index contributed by atoms with van der Waals surface area (Å²) in [6.45, 7) is 0.911. The van der Waals surface area contributed by atoms with E-state index in [0.29, 0.717) is 16.4 Å². The molecule has 0 radical (unpaired) electrons. The minimum absolute atomic E-state index is 0.374. The predicted molar refractivity (Wildman–Crippen MR) is 90.2 cm³/mol. The van der Waals surface area contributed by atoms with E-state index in [0.717, 1.165) is 29.6 Å². The van der Waals surface area contributed by atoms with E-state index in [4.69, 9.17) is 18.0 Å². The molecule has 5 nitrogen and oxygen atoms in total. The van der Waals surface area contributed by atoms with Crippen molar-refractivity contribution in [3.63, 3.8) is 0 Å². The molecule has 0 bridgehead atoms. The molecule has 0 saturated carbocycles. The minimum Gasteiger partial charge on any atom is -0.385 e. The summed E-state index contributed by atoms with van der Waals surface area (Å²) >= 11 is 6.94. The Morgan fingerprint density at radius 3 is 3.00 bits per heavy atom. The van der Waals surface area contributed by atoms with Crippen molar-refractivity contribution >= 4 is 40.6 Å². The fourth-order valence-electron chi connectivity index (χ4n) is 2.07. The Hall–Kier alpha value is -1.86. The quantitative estimate of drug-likeness (QED) is 0.624. The topological polar surface area (TPSA) is 68.2 Å². The van der Waals surface area contributed by atoms with Crippen molar-refractivity contribution in [3.05, 3.63) is 41.9 Å². The second-order valence-corrected chi connectivity index (χ2v) is 6.03. The summed E-state index contributed by atoms with van der Waals surface area (Å²) in [5, 5.41) is 4.34. The Balaban J connectivity index is 1.86. The van der Waals surface area contributed by atoms with Crippen LogP contribution in [0.2, 0.25) is 0 Å². The van der Waals surface area contributed by atoms with Crippen LogP contribution in [0.3, 0.4) is 0 Å². The summed E-state index contributed by atoms with van der Waals surface area (Å²) in [6.07, 6.45) is 1.11. The van der Waals surface area contributed by atoms with E-state index in [1.54, 1.807) is 17.8 Å². The van der Waals surface area contributed by atoms with Crippen LogP contribution in [0.15, 0.2) is 46.5 Å². The molecule has 7 heteroatoms. The van der Waals surface area contributed by atoms with Crippen molar-refractivity contribution in [2.45, 2.75) is 18.1 Å². The van der Waals surface area contributed by atoms with Crippen molar-refractivity contribution < 1.29 is 0 Å². The molecule has 108 valence electrons. The minimum atomic E-state index is 0.374. The monoisotopic (exact) mass is 317 g/mol. The maximum Gasteiger partial charge on any atom is 0.199 e. The molecule has 0 saturated heterocycles. The van der Waals surface area contributed by atoms with Gasteiger partial charge in [0.2, 0.25) is 0 Å². The van der Waals surface area contributed by atoms with Gasteiger partial charge in [-0.05, 0) is 30.8 Å². The van der Waals surface area contributed by atoms with Crippen LogP contribution >= 0.6 is 24.0 Å². The summed E-state index contributed by atoms with van der Waals surface area (Å²) in [6, 6.07) is 11.4. The summed E-state index contributed by atoms with van der Waals surface area (Å²) < 4.78 is 2.01. The van der Waals surface area contributed by atoms with Gasteiger partial charge in [-0.15, -0.1) is 0 Å². The first-order chi connectivity index (χ1) is 10.2. The number of aromatic nitrogens is 2. The lowest BCUT2D eigenvalue weighted by atomic mass is 10.3. The summed E-state index contributed by atoms with van der Waals surface area (Å²) in [5.41, 5.74) is 7.50. The number of rotatable bonds is 1. The van der Waals surface area contributed by atoms with Gasteiger partial charge in [0.05, 0.1) is 0 Å². The molecule has 1 aliphatic rings. The molecule has 0 amide bonds. The van der Waals surface area contributed by atoms with Crippen LogP contribution in [-0.2, 0) is 6.54 Å². The zero-order chi connectivity index (χ0) is 14.7. The lowest BCUT2D eigenvalue weighted by Gasteiger charge is -2.19. The number of para-hydroxylation sites is 1. The zero-order valence-electron chi connectivity index (χ0n) is 11.3. The van der Waals surface area contributed by atoms with Gasteiger partial charge in [-0.25, -0.2) is 9.98 Å². The third kappa shape index (κ3) is 3.43. The average molecular weight is 317 g/mol. The molecule has 3 rings (SSSR count). The summed E-state index contributed by atoms with van der Waals surface area (Å²) in [7, 11) is 0. The molecule has 0 fully saturated rings. The van der Waals surface area contributed by atoms with E-state index in [1.807, 2.05) is 34.9 Å². The molecule has 21 heavy (non-hydrogen) atoms. The van der Waals surface area contributed by atoms with E-state index >= 15 is 0 Å². The van der Waals surface area contributed by atoms with E-state index < -0.39 is 0 Å². The van der Waals surface area contributed by atoms with E-state index in [-0.39, 0.29) is 0 Å². The molecule has 1 aromatic carbocycles. The van der Waals surface area contributed by atoms with E-state index in [1.165, 1.54) is 0 Å². The number of nitrogens with zero attached hydrogens (tertiary/aromatic N) is 3. The highest BCUT2D eigenvalue weighted by molar-refractivity contribution is 7.99. The van der Waals surface area contributed by atoms with Crippen molar-refractivity contribution in [1.29, 1.82) is 0 Å². The molecular weight excluding hydrogens is 302 g/mol. The Morgan fingerprint density at radius 2 is 2.19 bits per heavy atom. The second kappa shape index (κ2) is 6.28. The van der Waals surface area contributed by atoms with Crippen LogP contribution in [0.5, 0.6) is 0 Å². The number of nitrogens with one attached hydrogen (secondary N) is 1. The van der Waals surface area contributed by atoms with Gasteiger partial charge in [0.1, 0.15) is 5.82 Å². The molecule has 0 unspecified atom stereocenters. The smallest absolute Gasteiger partial charge is 0.199 e. The van der Waals surface area contributed by atoms with Gasteiger partial charge in [-0.1, -0.05) is 30.0 Å². The molecular formula is C14H15N5S2. The largest absolute Gasteiger partial charge is 0.385 e. The maximum atomic E-state index is 6.06. The van der Waals surface area contributed by atoms with Crippen molar-refractivity contribution in [3.8, 4) is 0 Å². The molecule has 0 aliphatic carbocycles. The molecule has 3 N–H and O–H groups in total. The Kier molecular flexibility index (Phi) is 4.21. The standard InChI is InChI=1S/C14H15N5S2/c15-11-9-12(18-14-19(11)7-4-8-21-14)17-13(20)16-10-5-2-1-3-6-10/h1-3,5-6,9H,4,7-8,15H2,(H,16,20). The summed E-state index contributed by atoms with van der Waals surface area (Å²) in [4.78, 5) is 8.83. The third-order valence-corrected chi connectivity index (χ3v) is 4.28. The first-order valence-corrected chi connectivity index (χ1v) is 8.03. The van der Waals surface area contributed by atoms with Gasteiger partial charge in [-0.2, -0.15) is 0 Å². The molecule has 1 aromatic heterocycles. The highest BCUT2D eigenvalue weighted by atomic mass is 32.2. The number of hydrogen-bond acceptors (Lipinski definition) is 4. The number of hydrogen-bond donors (Lipinski definition) is 2. The number of nitrogen functional groups attached to an aromatic ring is 1. The maximum absolute atomic E-state index is 6.06. The van der Waals surface area contributed by atoms with E-state index in [2.05, 4.69) is 15.3 Å². The van der Waals surface area contributed by atoms with Gasteiger partial charge in [-0.3, -0.25) is 0 Å². The zero-order valence-corrected chi connectivity index (χ0v) is 13.0.